The second kappa shape index (κ2) is 17.5. The third kappa shape index (κ3) is 31.3. The predicted molar refractivity (Wildman–Crippen MR) is 60.5 cm³/mol. The van der Waals surface area contributed by atoms with E-state index in [1.165, 1.54) is 6.42 Å². The fourth-order valence-electron chi connectivity index (χ4n) is 0.496. The first-order chi connectivity index (χ1) is 6.58. The first-order valence-corrected chi connectivity index (χ1v) is 4.36. The normalized spacial score (nSPS) is 8.57. The van der Waals surface area contributed by atoms with Crippen LogP contribution in [0.4, 0.5) is 0 Å². The average Bonchev–Trinajstić information content (AvgIpc) is 2.08. The molecule has 0 amide bonds. The highest BCUT2D eigenvalue weighted by Gasteiger charge is 1.96. The lowest BCUT2D eigenvalue weighted by atomic mass is 10.3. The Kier molecular flexibility index (Phi) is 23.0. The molecule has 0 saturated heterocycles. The van der Waals surface area contributed by atoms with Gasteiger partial charge in [0.25, 0.3) is 0 Å². The summed E-state index contributed by atoms with van der Waals surface area (Å²) in [5, 5.41) is 12.5. The summed E-state index contributed by atoms with van der Waals surface area (Å²) in [5.41, 5.74) is 0.725. The number of hydrogen-bond acceptors (Lipinski definition) is 3. The molecule has 0 heterocycles. The largest absolute Gasteiger partial charge is 0.394 e. The van der Waals surface area contributed by atoms with Crippen molar-refractivity contribution in [3.63, 3.8) is 0 Å². The Bertz CT molecular complexity index is 174. The van der Waals surface area contributed by atoms with Crippen LogP contribution in [-0.2, 0) is 0 Å². The summed E-state index contributed by atoms with van der Waals surface area (Å²) in [5.74, 6) is 0. The molecule has 4 heteroatoms. The molecular formula is C10H20N2O2. The molecule has 0 aromatic carbocycles. The molecule has 1 N–H and O–H groups in total. The molecule has 0 aromatic rings. The van der Waals surface area contributed by atoms with Gasteiger partial charge in [-0.15, -0.1) is 12.8 Å². The Morgan fingerprint density at radius 3 is 2.07 bits per heavy atom. The number of nitro groups is 1. The number of nitrogens with one attached hydrogen (secondary N) is 1. The van der Waals surface area contributed by atoms with Crippen molar-refractivity contribution in [3.05, 3.63) is 21.9 Å². The monoisotopic (exact) mass is 200 g/mol. The van der Waals surface area contributed by atoms with E-state index in [2.05, 4.69) is 32.0 Å². The molecule has 0 aliphatic carbocycles. The van der Waals surface area contributed by atoms with Crippen molar-refractivity contribution in [1.29, 1.82) is 0 Å². The summed E-state index contributed by atoms with van der Waals surface area (Å²) >= 11 is 0. The lowest BCUT2D eigenvalue weighted by Crippen LogP contribution is -2.04. The van der Waals surface area contributed by atoms with Crippen molar-refractivity contribution in [3.8, 4) is 12.8 Å². The standard InChI is InChI=1S/C5H10N2O2.C3H8.C2H2/c1-5(3-6-2)4-7(8)9;1-3-2;1-2/h3,6H,4H2,1-2H3;3H2,1-2H3;1-2H/b5-3-;;. The van der Waals surface area contributed by atoms with Gasteiger partial charge in [-0.3, -0.25) is 10.1 Å². The molecule has 0 spiro atoms. The highest BCUT2D eigenvalue weighted by molar-refractivity contribution is 4.95. The molecule has 0 unspecified atom stereocenters. The second-order valence-corrected chi connectivity index (χ2v) is 2.48. The molecule has 4 nitrogen and oxygen atoms in total. The van der Waals surface area contributed by atoms with Crippen molar-refractivity contribution in [1.82, 2.24) is 5.32 Å². The van der Waals surface area contributed by atoms with Gasteiger partial charge in [0.2, 0.25) is 6.54 Å². The topological polar surface area (TPSA) is 55.2 Å². The van der Waals surface area contributed by atoms with Crippen LogP contribution < -0.4 is 5.32 Å². The van der Waals surface area contributed by atoms with E-state index in [9.17, 15) is 10.1 Å². The van der Waals surface area contributed by atoms with Gasteiger partial charge < -0.3 is 5.32 Å². The Hall–Kier alpha value is -1.50. The Labute approximate surface area is 86.5 Å². The fourth-order valence-corrected chi connectivity index (χ4v) is 0.496. The van der Waals surface area contributed by atoms with Crippen molar-refractivity contribution in [2.45, 2.75) is 27.2 Å². The zero-order valence-corrected chi connectivity index (χ0v) is 9.41. The van der Waals surface area contributed by atoms with Gasteiger partial charge >= 0.3 is 0 Å². The molecule has 0 aliphatic heterocycles. The maximum absolute atomic E-state index is 9.82. The highest BCUT2D eigenvalue weighted by atomic mass is 16.6. The van der Waals surface area contributed by atoms with E-state index in [0.717, 1.165) is 5.57 Å². The molecule has 14 heavy (non-hydrogen) atoms. The molecule has 0 fully saturated rings. The number of rotatable bonds is 3. The van der Waals surface area contributed by atoms with Gasteiger partial charge in [-0.1, -0.05) is 20.3 Å². The van der Waals surface area contributed by atoms with E-state index in [-0.39, 0.29) is 11.5 Å². The maximum atomic E-state index is 9.82. The van der Waals surface area contributed by atoms with E-state index in [1.54, 1.807) is 20.2 Å². The van der Waals surface area contributed by atoms with E-state index in [0.29, 0.717) is 0 Å². The lowest BCUT2D eigenvalue weighted by molar-refractivity contribution is -0.470. The van der Waals surface area contributed by atoms with Crippen LogP contribution in [0.25, 0.3) is 0 Å². The van der Waals surface area contributed by atoms with Crippen molar-refractivity contribution >= 4 is 0 Å². The van der Waals surface area contributed by atoms with Crippen LogP contribution in [0.5, 0.6) is 0 Å². The molecule has 0 saturated carbocycles. The summed E-state index contributed by atoms with van der Waals surface area (Å²) in [4.78, 5) is 9.46. The van der Waals surface area contributed by atoms with Gasteiger partial charge in [-0.25, -0.2) is 0 Å². The van der Waals surface area contributed by atoms with Crippen LogP contribution in [0.3, 0.4) is 0 Å². The summed E-state index contributed by atoms with van der Waals surface area (Å²) in [7, 11) is 1.71. The maximum Gasteiger partial charge on any atom is 0.226 e. The first-order valence-electron chi connectivity index (χ1n) is 4.36. The number of hydrogen-bond donors (Lipinski definition) is 1. The van der Waals surface area contributed by atoms with Crippen molar-refractivity contribution in [2.24, 2.45) is 0 Å². The Balaban J connectivity index is -0.000000205. The Morgan fingerprint density at radius 1 is 1.50 bits per heavy atom. The van der Waals surface area contributed by atoms with E-state index < -0.39 is 0 Å². The molecule has 0 aromatic heterocycles. The highest BCUT2D eigenvalue weighted by Crippen LogP contribution is 1.88. The van der Waals surface area contributed by atoms with Gasteiger partial charge in [0, 0.05) is 23.7 Å². The number of terminal acetylenes is 1. The minimum atomic E-state index is -0.358. The van der Waals surface area contributed by atoms with Crippen LogP contribution in [0.2, 0.25) is 0 Å². The predicted octanol–water partition coefficient (Wildman–Crippen LogP) is 2.05. The molecule has 0 aliphatic rings. The van der Waals surface area contributed by atoms with E-state index >= 15 is 0 Å². The summed E-state index contributed by atoms with van der Waals surface area (Å²) in [6, 6.07) is 0. The van der Waals surface area contributed by atoms with Crippen LogP contribution in [-0.4, -0.2) is 18.5 Å². The van der Waals surface area contributed by atoms with E-state index in [1.807, 2.05) is 0 Å². The van der Waals surface area contributed by atoms with Gasteiger partial charge in [0.05, 0.1) is 0 Å². The zero-order chi connectivity index (χ0) is 12.0. The Morgan fingerprint density at radius 2 is 1.86 bits per heavy atom. The van der Waals surface area contributed by atoms with Crippen molar-refractivity contribution < 1.29 is 4.92 Å². The number of nitrogens with zero attached hydrogens (tertiary/aromatic N) is 1. The molecule has 82 valence electrons. The fraction of sp³-hybridized carbons (Fsp3) is 0.600. The van der Waals surface area contributed by atoms with Gasteiger partial charge in [0.1, 0.15) is 0 Å². The first kappa shape index (κ1) is 18.3. The third-order valence-electron chi connectivity index (χ3n) is 0.769. The average molecular weight is 200 g/mol. The minimum Gasteiger partial charge on any atom is -0.394 e. The smallest absolute Gasteiger partial charge is 0.226 e. The van der Waals surface area contributed by atoms with E-state index in [4.69, 9.17) is 0 Å². The van der Waals surface area contributed by atoms with Crippen LogP contribution in [0, 0.1) is 23.0 Å². The summed E-state index contributed by atoms with van der Waals surface area (Å²) in [6.07, 6.45) is 10.9. The summed E-state index contributed by atoms with van der Waals surface area (Å²) < 4.78 is 0. The molecule has 0 bridgehead atoms. The molecule has 0 atom stereocenters. The van der Waals surface area contributed by atoms with Crippen LogP contribution in [0.1, 0.15) is 27.2 Å². The van der Waals surface area contributed by atoms with Crippen LogP contribution in [0.15, 0.2) is 11.8 Å². The van der Waals surface area contributed by atoms with Gasteiger partial charge in [-0.2, -0.15) is 0 Å². The zero-order valence-electron chi connectivity index (χ0n) is 9.41. The molecular weight excluding hydrogens is 180 g/mol. The van der Waals surface area contributed by atoms with Gasteiger partial charge in [0.15, 0.2) is 0 Å². The summed E-state index contributed by atoms with van der Waals surface area (Å²) in [6.45, 7) is 5.88. The van der Waals surface area contributed by atoms with Crippen LogP contribution >= 0.6 is 0 Å². The minimum absolute atomic E-state index is 0.0825. The van der Waals surface area contributed by atoms with Crippen molar-refractivity contribution in [2.75, 3.05) is 13.6 Å². The molecule has 0 radical (unpaired) electrons. The van der Waals surface area contributed by atoms with Gasteiger partial charge in [-0.05, 0) is 6.92 Å². The SMILES string of the molecule is C#C.CCC.CN/C=C(/C)C[N+](=O)[O-]. The second-order valence-electron chi connectivity index (χ2n) is 2.48. The molecule has 0 rings (SSSR count). The quantitative estimate of drug-likeness (QED) is 0.431. The lowest BCUT2D eigenvalue weighted by Gasteiger charge is -1.91. The third-order valence-corrected chi connectivity index (χ3v) is 0.769.